The topological polar surface area (TPSA) is 9.23 Å². The first-order valence-corrected chi connectivity index (χ1v) is 8.55. The van der Waals surface area contributed by atoms with Crippen LogP contribution >= 0.6 is 15.9 Å². The van der Waals surface area contributed by atoms with Crippen molar-refractivity contribution in [1.29, 1.82) is 0 Å². The summed E-state index contributed by atoms with van der Waals surface area (Å²) >= 11 is 3.28. The Morgan fingerprint density at radius 2 is 1.79 bits per heavy atom. The minimum absolute atomic E-state index is 0.149. The van der Waals surface area contributed by atoms with Crippen molar-refractivity contribution in [3.8, 4) is 0 Å². The summed E-state index contributed by atoms with van der Waals surface area (Å²) in [5, 5.41) is 1.31. The van der Waals surface area contributed by atoms with Crippen LogP contribution in [0.4, 0.5) is 0 Å². The molecule has 102 valence electrons. The van der Waals surface area contributed by atoms with Gasteiger partial charge in [0.15, 0.2) is 9.76 Å². The van der Waals surface area contributed by atoms with E-state index in [-0.39, 0.29) is 5.60 Å². The lowest BCUT2D eigenvalue weighted by molar-refractivity contribution is 0.104. The van der Waals surface area contributed by atoms with Crippen molar-refractivity contribution >= 4 is 37.0 Å². The summed E-state index contributed by atoms with van der Waals surface area (Å²) in [6.07, 6.45) is 7.57. The molecule has 1 aromatic carbocycles. The van der Waals surface area contributed by atoms with Gasteiger partial charge in [-0.3, -0.25) is 0 Å². The maximum absolute atomic E-state index is 6.17. The van der Waals surface area contributed by atoms with Crippen LogP contribution in [0.3, 0.4) is 0 Å². The normalized spacial score (nSPS) is 12.3. The zero-order chi connectivity index (χ0) is 14.1. The summed E-state index contributed by atoms with van der Waals surface area (Å²) in [5.74, 6) is 0. The van der Waals surface area contributed by atoms with Gasteiger partial charge in [0.2, 0.25) is 0 Å². The molecule has 0 aromatic heterocycles. The van der Waals surface area contributed by atoms with Crippen molar-refractivity contribution in [1.82, 2.24) is 0 Å². The van der Waals surface area contributed by atoms with Crippen LogP contribution in [0.2, 0.25) is 0 Å². The van der Waals surface area contributed by atoms with Gasteiger partial charge in [0, 0.05) is 0 Å². The monoisotopic (exact) mass is 336 g/mol. The van der Waals surface area contributed by atoms with Crippen molar-refractivity contribution in [2.24, 2.45) is 0 Å². The van der Waals surface area contributed by atoms with Crippen LogP contribution in [0, 0.1) is 0 Å². The third kappa shape index (κ3) is 5.72. The predicted octanol–water partition coefficient (Wildman–Crippen LogP) is 3.69. The lowest BCUT2D eigenvalue weighted by atomic mass is 9.99. The molecule has 1 aromatic rings. The quantitative estimate of drug-likeness (QED) is 0.519. The van der Waals surface area contributed by atoms with Crippen LogP contribution in [0.1, 0.15) is 25.3 Å². The highest BCUT2D eigenvalue weighted by molar-refractivity contribution is 9.11. The van der Waals surface area contributed by atoms with Crippen LogP contribution in [0.15, 0.2) is 54.6 Å². The Labute approximate surface area is 127 Å². The standard InChI is InChI=1S/C16H21BrOSi/c1-4-11-16(3,12-5-2)18-19-15-8-6-14(7-9-15)10-13-17/h4-10,13H,1-2,11-12,19H2,3H3/b13-10+. The van der Waals surface area contributed by atoms with Gasteiger partial charge in [0.05, 0.1) is 5.60 Å². The molecule has 0 atom stereocenters. The van der Waals surface area contributed by atoms with E-state index < -0.39 is 9.76 Å². The average molecular weight is 337 g/mol. The fourth-order valence-corrected chi connectivity index (χ4v) is 3.35. The molecule has 0 aliphatic carbocycles. The Hall–Kier alpha value is -0.903. The van der Waals surface area contributed by atoms with Gasteiger partial charge in [-0.25, -0.2) is 0 Å². The Morgan fingerprint density at radius 3 is 2.26 bits per heavy atom. The highest BCUT2D eigenvalue weighted by atomic mass is 79.9. The van der Waals surface area contributed by atoms with E-state index in [2.05, 4.69) is 60.3 Å². The second-order valence-electron chi connectivity index (χ2n) is 4.76. The lowest BCUT2D eigenvalue weighted by Crippen LogP contribution is -2.33. The molecule has 0 aliphatic heterocycles. The first kappa shape index (κ1) is 16.2. The average Bonchev–Trinajstić information content (AvgIpc) is 2.39. The molecule has 0 radical (unpaired) electrons. The van der Waals surface area contributed by atoms with Gasteiger partial charge in [-0.1, -0.05) is 52.3 Å². The summed E-state index contributed by atoms with van der Waals surface area (Å²) in [6.45, 7) is 9.74. The summed E-state index contributed by atoms with van der Waals surface area (Å²) < 4.78 is 6.17. The van der Waals surface area contributed by atoms with Crippen molar-refractivity contribution in [2.45, 2.75) is 25.4 Å². The van der Waals surface area contributed by atoms with Gasteiger partial charge in [-0.05, 0) is 41.6 Å². The summed E-state index contributed by atoms with van der Waals surface area (Å²) in [4.78, 5) is 1.86. The van der Waals surface area contributed by atoms with E-state index >= 15 is 0 Å². The van der Waals surface area contributed by atoms with Gasteiger partial charge in [-0.2, -0.15) is 0 Å². The smallest absolute Gasteiger partial charge is 0.193 e. The number of halogens is 1. The number of rotatable bonds is 8. The minimum Gasteiger partial charge on any atom is -0.413 e. The molecule has 0 heterocycles. The predicted molar refractivity (Wildman–Crippen MR) is 91.7 cm³/mol. The zero-order valence-electron chi connectivity index (χ0n) is 11.4. The van der Waals surface area contributed by atoms with E-state index in [9.17, 15) is 0 Å². The molecule has 0 bridgehead atoms. The van der Waals surface area contributed by atoms with E-state index in [0.717, 1.165) is 12.8 Å². The number of benzene rings is 1. The molecule has 1 rings (SSSR count). The van der Waals surface area contributed by atoms with Crippen molar-refractivity contribution in [3.05, 3.63) is 60.1 Å². The van der Waals surface area contributed by atoms with Crippen LogP contribution in [-0.4, -0.2) is 15.4 Å². The maximum atomic E-state index is 6.17. The van der Waals surface area contributed by atoms with E-state index in [1.54, 1.807) is 0 Å². The number of hydrogen-bond donors (Lipinski definition) is 0. The van der Waals surface area contributed by atoms with E-state index in [4.69, 9.17) is 4.43 Å². The largest absolute Gasteiger partial charge is 0.413 e. The minimum atomic E-state index is -0.717. The van der Waals surface area contributed by atoms with E-state index in [0.29, 0.717) is 0 Å². The van der Waals surface area contributed by atoms with Gasteiger partial charge < -0.3 is 4.43 Å². The Bertz CT molecular complexity index is 427. The summed E-state index contributed by atoms with van der Waals surface area (Å²) in [7, 11) is -0.717. The Kier molecular flexibility index (Phi) is 7.06. The molecule has 0 saturated carbocycles. The Morgan fingerprint density at radius 1 is 1.21 bits per heavy atom. The second kappa shape index (κ2) is 8.30. The molecular weight excluding hydrogens is 316 g/mol. The van der Waals surface area contributed by atoms with Gasteiger partial charge >= 0.3 is 0 Å². The molecule has 0 aliphatic rings. The molecule has 0 saturated heterocycles. The molecule has 0 fully saturated rings. The highest BCUT2D eigenvalue weighted by Gasteiger charge is 2.21. The van der Waals surface area contributed by atoms with E-state index in [1.165, 1.54) is 10.8 Å². The first-order chi connectivity index (χ1) is 9.13. The molecule has 0 N–H and O–H groups in total. The number of hydrogen-bond acceptors (Lipinski definition) is 1. The molecule has 19 heavy (non-hydrogen) atoms. The molecule has 0 spiro atoms. The fourth-order valence-electron chi connectivity index (χ4n) is 1.87. The van der Waals surface area contributed by atoms with Gasteiger partial charge in [0.25, 0.3) is 0 Å². The third-order valence-electron chi connectivity index (χ3n) is 2.97. The molecule has 0 amide bonds. The second-order valence-corrected chi connectivity index (χ2v) is 6.68. The van der Waals surface area contributed by atoms with Crippen LogP contribution < -0.4 is 5.19 Å². The van der Waals surface area contributed by atoms with Crippen molar-refractivity contribution < 1.29 is 4.43 Å². The molecule has 0 unspecified atom stereocenters. The van der Waals surface area contributed by atoms with Crippen molar-refractivity contribution in [3.63, 3.8) is 0 Å². The SMILES string of the molecule is C=CCC(C)(CC=C)O[SiH2]c1ccc(/C=C/Br)cc1. The van der Waals surface area contributed by atoms with Crippen LogP contribution in [0.25, 0.3) is 6.08 Å². The molecule has 1 nitrogen and oxygen atoms in total. The highest BCUT2D eigenvalue weighted by Crippen LogP contribution is 2.20. The third-order valence-corrected chi connectivity index (χ3v) is 4.89. The zero-order valence-corrected chi connectivity index (χ0v) is 14.4. The van der Waals surface area contributed by atoms with E-state index in [1.807, 2.05) is 23.2 Å². The van der Waals surface area contributed by atoms with Gasteiger partial charge in [0.1, 0.15) is 0 Å². The van der Waals surface area contributed by atoms with Crippen molar-refractivity contribution in [2.75, 3.05) is 0 Å². The van der Waals surface area contributed by atoms with Crippen LogP contribution in [0.5, 0.6) is 0 Å². The molecular formula is C16H21BrOSi. The van der Waals surface area contributed by atoms with Gasteiger partial charge in [-0.15, -0.1) is 13.2 Å². The maximum Gasteiger partial charge on any atom is 0.193 e. The first-order valence-electron chi connectivity index (χ1n) is 6.35. The fraction of sp³-hybridized carbons (Fsp3) is 0.250. The van der Waals surface area contributed by atoms with Crippen LogP contribution in [-0.2, 0) is 4.43 Å². The summed E-state index contributed by atoms with van der Waals surface area (Å²) in [5.41, 5.74) is 1.04. The lowest BCUT2D eigenvalue weighted by Gasteiger charge is -2.28. The molecule has 3 heteroatoms. The summed E-state index contributed by atoms with van der Waals surface area (Å²) in [6, 6.07) is 8.52. The Balaban J connectivity index is 2.63.